The van der Waals surface area contributed by atoms with Gasteiger partial charge in [-0.05, 0) is 6.42 Å². The van der Waals surface area contributed by atoms with Gasteiger partial charge in [0.25, 0.3) is 5.91 Å². The van der Waals surface area contributed by atoms with Crippen molar-refractivity contribution in [3.8, 4) is 0 Å². The molecule has 2 rings (SSSR count). The zero-order chi connectivity index (χ0) is 14.0. The van der Waals surface area contributed by atoms with Gasteiger partial charge in [0.05, 0.1) is 5.92 Å². The predicted molar refractivity (Wildman–Crippen MR) is 69.6 cm³/mol. The van der Waals surface area contributed by atoms with Crippen molar-refractivity contribution in [2.75, 3.05) is 32.1 Å². The van der Waals surface area contributed by atoms with Gasteiger partial charge in [0.2, 0.25) is 5.91 Å². The molecule has 2 heterocycles. The first-order valence-corrected chi connectivity index (χ1v) is 6.07. The fraction of sp³-hybridized carbons (Fsp3) is 0.500. The molecule has 1 saturated heterocycles. The summed E-state index contributed by atoms with van der Waals surface area (Å²) in [5.41, 5.74) is 5.38. The highest BCUT2D eigenvalue weighted by atomic mass is 16.2. The lowest BCUT2D eigenvalue weighted by molar-refractivity contribution is -0.132. The lowest BCUT2D eigenvalue weighted by Crippen LogP contribution is -2.32. The standard InChI is InChI=1S/C12H17N5O2/c1-16(2)12(19)8-3-4-17(6-8)10-5-9(11(13)18)14-7-15-10/h5,7-8H,3-4,6H2,1-2H3,(H2,13,18). The first-order chi connectivity index (χ1) is 8.99. The number of nitrogens with two attached hydrogens (primary N) is 1. The molecule has 1 atom stereocenters. The van der Waals surface area contributed by atoms with E-state index in [-0.39, 0.29) is 17.5 Å². The second kappa shape index (κ2) is 5.21. The van der Waals surface area contributed by atoms with Gasteiger partial charge < -0.3 is 15.5 Å². The lowest BCUT2D eigenvalue weighted by atomic mass is 10.1. The van der Waals surface area contributed by atoms with Gasteiger partial charge in [0.1, 0.15) is 17.8 Å². The average Bonchev–Trinajstić information content (AvgIpc) is 2.87. The third-order valence-corrected chi connectivity index (χ3v) is 3.21. The first-order valence-electron chi connectivity index (χ1n) is 6.07. The molecule has 0 aliphatic carbocycles. The monoisotopic (exact) mass is 263 g/mol. The normalized spacial score (nSPS) is 18.4. The Morgan fingerprint density at radius 3 is 2.79 bits per heavy atom. The van der Waals surface area contributed by atoms with E-state index in [1.54, 1.807) is 25.1 Å². The van der Waals surface area contributed by atoms with E-state index in [0.717, 1.165) is 13.0 Å². The van der Waals surface area contributed by atoms with Gasteiger partial charge in [-0.25, -0.2) is 9.97 Å². The van der Waals surface area contributed by atoms with Crippen molar-refractivity contribution >= 4 is 17.6 Å². The van der Waals surface area contributed by atoms with E-state index >= 15 is 0 Å². The highest BCUT2D eigenvalue weighted by molar-refractivity contribution is 5.91. The number of primary amides is 1. The van der Waals surface area contributed by atoms with Crippen LogP contribution in [0.25, 0.3) is 0 Å². The number of aromatic nitrogens is 2. The lowest BCUT2D eigenvalue weighted by Gasteiger charge is -2.19. The minimum absolute atomic E-state index is 0.0259. The fourth-order valence-electron chi connectivity index (χ4n) is 2.19. The number of amides is 2. The quantitative estimate of drug-likeness (QED) is 0.793. The summed E-state index contributed by atoms with van der Waals surface area (Å²) in [6.07, 6.45) is 2.10. The molecule has 1 aromatic heterocycles. The Morgan fingerprint density at radius 2 is 2.16 bits per heavy atom. The van der Waals surface area contributed by atoms with E-state index in [1.807, 2.05) is 4.90 Å². The molecule has 2 amide bonds. The highest BCUT2D eigenvalue weighted by Crippen LogP contribution is 2.23. The van der Waals surface area contributed by atoms with E-state index in [4.69, 9.17) is 5.73 Å². The number of nitrogens with zero attached hydrogens (tertiary/aromatic N) is 4. The Bertz CT molecular complexity index is 503. The van der Waals surface area contributed by atoms with Crippen LogP contribution in [0.15, 0.2) is 12.4 Å². The third kappa shape index (κ3) is 2.81. The van der Waals surface area contributed by atoms with Crippen molar-refractivity contribution in [1.29, 1.82) is 0 Å². The van der Waals surface area contributed by atoms with E-state index in [0.29, 0.717) is 12.4 Å². The summed E-state index contributed by atoms with van der Waals surface area (Å²) >= 11 is 0. The maximum absolute atomic E-state index is 11.9. The molecular formula is C12H17N5O2. The summed E-state index contributed by atoms with van der Waals surface area (Å²) in [6.45, 7) is 1.34. The first kappa shape index (κ1) is 13.3. The summed E-state index contributed by atoms with van der Waals surface area (Å²) in [4.78, 5) is 34.5. The number of carbonyl (C=O) groups is 2. The average molecular weight is 263 g/mol. The van der Waals surface area contributed by atoms with Crippen LogP contribution in [0.5, 0.6) is 0 Å². The van der Waals surface area contributed by atoms with Gasteiger partial charge in [0, 0.05) is 33.3 Å². The Morgan fingerprint density at radius 1 is 1.42 bits per heavy atom. The largest absolute Gasteiger partial charge is 0.364 e. The Labute approximate surface area is 111 Å². The van der Waals surface area contributed by atoms with Crippen LogP contribution in [0.1, 0.15) is 16.9 Å². The molecule has 1 aromatic rings. The summed E-state index contributed by atoms with van der Waals surface area (Å²) in [6, 6.07) is 1.56. The summed E-state index contributed by atoms with van der Waals surface area (Å²) in [7, 11) is 3.50. The molecule has 1 aliphatic heterocycles. The molecule has 2 N–H and O–H groups in total. The SMILES string of the molecule is CN(C)C(=O)C1CCN(c2cc(C(N)=O)ncn2)C1. The maximum atomic E-state index is 11.9. The third-order valence-electron chi connectivity index (χ3n) is 3.21. The second-order valence-electron chi connectivity index (χ2n) is 4.79. The zero-order valence-electron chi connectivity index (χ0n) is 11.0. The Balaban J connectivity index is 2.11. The molecule has 0 spiro atoms. The van der Waals surface area contributed by atoms with Crippen molar-refractivity contribution in [3.63, 3.8) is 0 Å². The van der Waals surface area contributed by atoms with Gasteiger partial charge >= 0.3 is 0 Å². The van der Waals surface area contributed by atoms with Crippen LogP contribution >= 0.6 is 0 Å². The number of hydrogen-bond donors (Lipinski definition) is 1. The fourth-order valence-corrected chi connectivity index (χ4v) is 2.19. The smallest absolute Gasteiger partial charge is 0.267 e. The van der Waals surface area contributed by atoms with Crippen LogP contribution < -0.4 is 10.6 Å². The van der Waals surface area contributed by atoms with Gasteiger partial charge in [0.15, 0.2) is 0 Å². The van der Waals surface area contributed by atoms with Crippen molar-refractivity contribution < 1.29 is 9.59 Å². The molecule has 0 aromatic carbocycles. The van der Waals surface area contributed by atoms with Crippen molar-refractivity contribution in [2.45, 2.75) is 6.42 Å². The van der Waals surface area contributed by atoms with Crippen LogP contribution in [0.2, 0.25) is 0 Å². The van der Waals surface area contributed by atoms with E-state index in [1.165, 1.54) is 6.33 Å². The van der Waals surface area contributed by atoms with Gasteiger partial charge in [-0.1, -0.05) is 0 Å². The summed E-state index contributed by atoms with van der Waals surface area (Å²) in [5.74, 6) is 0.148. The molecule has 7 nitrogen and oxygen atoms in total. The van der Waals surface area contributed by atoms with Crippen LogP contribution in [-0.4, -0.2) is 53.9 Å². The van der Waals surface area contributed by atoms with Crippen molar-refractivity contribution in [3.05, 3.63) is 18.1 Å². The highest BCUT2D eigenvalue weighted by Gasteiger charge is 2.30. The van der Waals surface area contributed by atoms with Crippen molar-refractivity contribution in [2.24, 2.45) is 11.7 Å². The van der Waals surface area contributed by atoms with Crippen LogP contribution in [0.4, 0.5) is 5.82 Å². The minimum Gasteiger partial charge on any atom is -0.364 e. The molecule has 1 fully saturated rings. The van der Waals surface area contributed by atoms with Crippen LogP contribution in [0.3, 0.4) is 0 Å². The van der Waals surface area contributed by atoms with Crippen molar-refractivity contribution in [1.82, 2.24) is 14.9 Å². The van der Waals surface area contributed by atoms with E-state index < -0.39 is 5.91 Å². The molecule has 1 aliphatic rings. The summed E-state index contributed by atoms with van der Waals surface area (Å²) in [5, 5.41) is 0. The second-order valence-corrected chi connectivity index (χ2v) is 4.79. The molecule has 1 unspecified atom stereocenters. The topological polar surface area (TPSA) is 92.4 Å². The zero-order valence-corrected chi connectivity index (χ0v) is 11.0. The summed E-state index contributed by atoms with van der Waals surface area (Å²) < 4.78 is 0. The predicted octanol–water partition coefficient (Wildman–Crippen LogP) is -0.510. The minimum atomic E-state index is -0.580. The molecule has 0 bridgehead atoms. The van der Waals surface area contributed by atoms with Crippen LogP contribution in [-0.2, 0) is 4.79 Å². The molecule has 7 heteroatoms. The van der Waals surface area contributed by atoms with Crippen LogP contribution in [0, 0.1) is 5.92 Å². The number of carbonyl (C=O) groups excluding carboxylic acids is 2. The Hall–Kier alpha value is -2.18. The molecule has 0 radical (unpaired) electrons. The maximum Gasteiger partial charge on any atom is 0.267 e. The number of rotatable bonds is 3. The van der Waals surface area contributed by atoms with Gasteiger partial charge in [-0.2, -0.15) is 0 Å². The number of hydrogen-bond acceptors (Lipinski definition) is 5. The molecule has 102 valence electrons. The number of anilines is 1. The van der Waals surface area contributed by atoms with Gasteiger partial charge in [-0.3, -0.25) is 9.59 Å². The van der Waals surface area contributed by atoms with Gasteiger partial charge in [-0.15, -0.1) is 0 Å². The Kier molecular flexibility index (Phi) is 3.64. The molecule has 0 saturated carbocycles. The molecule has 19 heavy (non-hydrogen) atoms. The van der Waals surface area contributed by atoms with E-state index in [9.17, 15) is 9.59 Å². The van der Waals surface area contributed by atoms with E-state index in [2.05, 4.69) is 9.97 Å². The molecular weight excluding hydrogens is 246 g/mol.